The van der Waals surface area contributed by atoms with Gasteiger partial charge in [-0.05, 0) is 24.3 Å². The molecule has 1 N–H and O–H groups in total. The minimum absolute atomic E-state index is 0.0461. The minimum atomic E-state index is -1.02. The molecule has 0 atom stereocenters. The van der Waals surface area contributed by atoms with E-state index in [-0.39, 0.29) is 24.0 Å². The van der Waals surface area contributed by atoms with Crippen LogP contribution in [0, 0.1) is 11.6 Å². The molecule has 0 aliphatic carbocycles. The highest BCUT2D eigenvalue weighted by Crippen LogP contribution is 2.18. The van der Waals surface area contributed by atoms with Crippen LogP contribution in [0.4, 0.5) is 14.5 Å². The molecule has 0 unspecified atom stereocenters. The van der Waals surface area contributed by atoms with E-state index in [2.05, 4.69) is 15.5 Å². The summed E-state index contributed by atoms with van der Waals surface area (Å²) < 4.78 is 33.4. The van der Waals surface area contributed by atoms with E-state index >= 15 is 0 Å². The van der Waals surface area contributed by atoms with Crippen LogP contribution in [0.1, 0.15) is 5.82 Å². The van der Waals surface area contributed by atoms with Crippen LogP contribution < -0.4 is 10.1 Å². The number of carbonyl (C=O) groups is 1. The van der Waals surface area contributed by atoms with E-state index < -0.39 is 11.6 Å². The Morgan fingerprint density at radius 2 is 1.93 bits per heavy atom. The quantitative estimate of drug-likeness (QED) is 0.626. The average molecular weight is 390 g/mol. The summed E-state index contributed by atoms with van der Waals surface area (Å²) >= 11 is 1.18. The topological polar surface area (TPSA) is 69.0 Å². The number of nitrogens with one attached hydrogen (secondary N) is 1. The van der Waals surface area contributed by atoms with Crippen LogP contribution in [0.2, 0.25) is 0 Å². The second-order valence-electron chi connectivity index (χ2n) is 5.53. The summed E-state index contributed by atoms with van der Waals surface area (Å²) in [4.78, 5) is 12.0. The maximum Gasteiger partial charge on any atom is 0.234 e. The third kappa shape index (κ3) is 5.04. The van der Waals surface area contributed by atoms with Crippen molar-refractivity contribution < 1.29 is 18.3 Å². The molecule has 6 nitrogen and oxygen atoms in total. The van der Waals surface area contributed by atoms with Gasteiger partial charge in [-0.1, -0.05) is 30.0 Å². The van der Waals surface area contributed by atoms with E-state index in [9.17, 15) is 13.6 Å². The van der Waals surface area contributed by atoms with Crippen molar-refractivity contribution in [3.63, 3.8) is 0 Å². The van der Waals surface area contributed by atoms with E-state index in [1.165, 1.54) is 17.8 Å². The Labute approximate surface area is 158 Å². The van der Waals surface area contributed by atoms with Crippen molar-refractivity contribution in [2.45, 2.75) is 11.8 Å². The molecule has 2 aromatic carbocycles. The molecule has 0 saturated heterocycles. The van der Waals surface area contributed by atoms with Gasteiger partial charge in [0.2, 0.25) is 5.91 Å². The maximum atomic E-state index is 13.2. The lowest BCUT2D eigenvalue weighted by atomic mass is 10.3. The Morgan fingerprint density at radius 3 is 2.67 bits per heavy atom. The van der Waals surface area contributed by atoms with Crippen LogP contribution in [0.15, 0.2) is 53.7 Å². The van der Waals surface area contributed by atoms with Gasteiger partial charge < -0.3 is 14.6 Å². The van der Waals surface area contributed by atoms with Crippen LogP contribution in [-0.4, -0.2) is 26.4 Å². The number of hydrogen-bond acceptors (Lipinski definition) is 5. The number of aromatic nitrogens is 3. The summed E-state index contributed by atoms with van der Waals surface area (Å²) in [6.07, 6.45) is 0. The van der Waals surface area contributed by atoms with Crippen molar-refractivity contribution in [3.05, 3.63) is 66.0 Å². The molecule has 1 aromatic heterocycles. The first-order valence-electron chi connectivity index (χ1n) is 7.97. The predicted octanol–water partition coefficient (Wildman–Crippen LogP) is 3.40. The monoisotopic (exact) mass is 390 g/mol. The molecule has 0 radical (unpaired) electrons. The van der Waals surface area contributed by atoms with Crippen molar-refractivity contribution in [3.8, 4) is 5.75 Å². The number of ether oxygens (including phenoxy) is 1. The van der Waals surface area contributed by atoms with Crippen molar-refractivity contribution in [2.75, 3.05) is 11.1 Å². The molecule has 140 valence electrons. The van der Waals surface area contributed by atoms with Crippen LogP contribution >= 0.6 is 11.8 Å². The van der Waals surface area contributed by atoms with Crippen LogP contribution in [0.5, 0.6) is 5.75 Å². The summed E-state index contributed by atoms with van der Waals surface area (Å²) in [5, 5.41) is 11.1. The van der Waals surface area contributed by atoms with Gasteiger partial charge in [-0.2, -0.15) is 0 Å². The van der Waals surface area contributed by atoms with Crippen molar-refractivity contribution in [1.82, 2.24) is 14.8 Å². The zero-order chi connectivity index (χ0) is 19.2. The van der Waals surface area contributed by atoms with E-state index in [0.29, 0.717) is 11.0 Å². The first kappa shape index (κ1) is 18.8. The second kappa shape index (κ2) is 8.63. The number of para-hydroxylation sites is 1. The molecular formula is C18H16F2N4O2S. The number of nitrogens with zero attached hydrogens (tertiary/aromatic N) is 3. The van der Waals surface area contributed by atoms with Crippen molar-refractivity contribution in [2.24, 2.45) is 7.05 Å². The second-order valence-corrected chi connectivity index (χ2v) is 6.47. The molecule has 0 saturated carbocycles. The Bertz CT molecular complexity index is 934. The van der Waals surface area contributed by atoms with Gasteiger partial charge in [0.05, 0.1) is 5.75 Å². The number of hydrogen-bond donors (Lipinski definition) is 1. The van der Waals surface area contributed by atoms with E-state index in [1.54, 1.807) is 11.6 Å². The van der Waals surface area contributed by atoms with E-state index in [4.69, 9.17) is 4.74 Å². The fraction of sp³-hybridized carbons (Fsp3) is 0.167. The highest BCUT2D eigenvalue weighted by Gasteiger charge is 2.13. The molecule has 9 heteroatoms. The summed E-state index contributed by atoms with van der Waals surface area (Å²) in [5.74, 6) is -0.965. The largest absolute Gasteiger partial charge is 0.486 e. The number of benzene rings is 2. The molecule has 0 spiro atoms. The number of amides is 1. The SMILES string of the molecule is Cn1c(COc2ccccc2)nnc1SCC(=O)Nc1ccc(F)c(F)c1. The third-order valence-corrected chi connectivity index (χ3v) is 4.59. The van der Waals surface area contributed by atoms with Gasteiger partial charge in [0.1, 0.15) is 12.4 Å². The van der Waals surface area contributed by atoms with Crippen molar-refractivity contribution in [1.29, 1.82) is 0 Å². The van der Waals surface area contributed by atoms with Gasteiger partial charge in [0, 0.05) is 18.8 Å². The first-order chi connectivity index (χ1) is 13.0. The minimum Gasteiger partial charge on any atom is -0.486 e. The number of halogens is 2. The number of thioether (sulfide) groups is 1. The fourth-order valence-corrected chi connectivity index (χ4v) is 2.89. The van der Waals surface area contributed by atoms with Gasteiger partial charge in [-0.15, -0.1) is 10.2 Å². The van der Waals surface area contributed by atoms with Gasteiger partial charge in [-0.25, -0.2) is 8.78 Å². The Kier molecular flexibility index (Phi) is 6.02. The molecule has 1 heterocycles. The Hall–Kier alpha value is -2.94. The standard InChI is InChI=1S/C18H16F2N4O2S/c1-24-16(10-26-13-5-3-2-4-6-13)22-23-18(24)27-11-17(25)21-12-7-8-14(19)15(20)9-12/h2-9H,10-11H2,1H3,(H,21,25). The molecule has 0 fully saturated rings. The van der Waals surface area contributed by atoms with Crippen LogP contribution in [-0.2, 0) is 18.4 Å². The number of anilines is 1. The zero-order valence-corrected chi connectivity index (χ0v) is 15.2. The number of rotatable bonds is 7. The smallest absolute Gasteiger partial charge is 0.234 e. The Morgan fingerprint density at radius 1 is 1.15 bits per heavy atom. The molecule has 1 amide bonds. The van der Waals surface area contributed by atoms with Gasteiger partial charge in [0.15, 0.2) is 22.6 Å². The molecule has 0 bridgehead atoms. The fourth-order valence-electron chi connectivity index (χ4n) is 2.16. The molecule has 3 aromatic rings. The highest BCUT2D eigenvalue weighted by atomic mass is 32.2. The molecular weight excluding hydrogens is 374 g/mol. The lowest BCUT2D eigenvalue weighted by Crippen LogP contribution is -2.15. The first-order valence-corrected chi connectivity index (χ1v) is 8.95. The van der Waals surface area contributed by atoms with Crippen LogP contribution in [0.3, 0.4) is 0 Å². The van der Waals surface area contributed by atoms with Crippen LogP contribution in [0.25, 0.3) is 0 Å². The van der Waals surface area contributed by atoms with E-state index in [1.807, 2.05) is 30.3 Å². The normalized spacial score (nSPS) is 10.6. The maximum absolute atomic E-state index is 13.2. The Balaban J connectivity index is 1.52. The molecule has 0 aliphatic heterocycles. The van der Waals surface area contributed by atoms with Gasteiger partial charge in [0.25, 0.3) is 0 Å². The van der Waals surface area contributed by atoms with Gasteiger partial charge >= 0.3 is 0 Å². The average Bonchev–Trinajstić information content (AvgIpc) is 3.02. The summed E-state index contributed by atoms with van der Waals surface area (Å²) in [7, 11) is 1.78. The summed E-state index contributed by atoms with van der Waals surface area (Å²) in [6, 6.07) is 12.5. The van der Waals surface area contributed by atoms with E-state index in [0.717, 1.165) is 17.9 Å². The molecule has 0 aliphatic rings. The highest BCUT2D eigenvalue weighted by molar-refractivity contribution is 7.99. The lowest BCUT2D eigenvalue weighted by Gasteiger charge is -2.07. The lowest BCUT2D eigenvalue weighted by molar-refractivity contribution is -0.113. The predicted molar refractivity (Wildman–Crippen MR) is 97.5 cm³/mol. The summed E-state index contributed by atoms with van der Waals surface area (Å²) in [5.41, 5.74) is 0.189. The molecule has 3 rings (SSSR count). The molecule has 27 heavy (non-hydrogen) atoms. The van der Waals surface area contributed by atoms with Gasteiger partial charge in [-0.3, -0.25) is 4.79 Å². The van der Waals surface area contributed by atoms with Crippen molar-refractivity contribution >= 4 is 23.4 Å². The number of carbonyl (C=O) groups excluding carboxylic acids is 1. The summed E-state index contributed by atoms with van der Waals surface area (Å²) in [6.45, 7) is 0.245. The third-order valence-electron chi connectivity index (χ3n) is 3.57. The zero-order valence-electron chi connectivity index (χ0n) is 14.4.